The van der Waals surface area contributed by atoms with Gasteiger partial charge in [-0.15, -0.1) is 0 Å². The van der Waals surface area contributed by atoms with Crippen molar-refractivity contribution in [2.75, 3.05) is 37.6 Å². The van der Waals surface area contributed by atoms with Crippen molar-refractivity contribution >= 4 is 34.6 Å². The first kappa shape index (κ1) is 17.4. The van der Waals surface area contributed by atoms with Gasteiger partial charge in [0.05, 0.1) is 11.4 Å². The van der Waals surface area contributed by atoms with Crippen LogP contribution in [0.5, 0.6) is 0 Å². The molecule has 138 valence electrons. The zero-order chi connectivity index (χ0) is 18.1. The maximum absolute atomic E-state index is 11.8. The minimum absolute atomic E-state index is 0.0234. The second kappa shape index (κ2) is 7.28. The summed E-state index contributed by atoms with van der Waals surface area (Å²) < 4.78 is 0. The molecule has 1 aromatic rings. The average Bonchev–Trinajstić information content (AvgIpc) is 3.51. The second-order valence-electron chi connectivity index (χ2n) is 7.02. The Hall–Kier alpha value is -2.06. The van der Waals surface area contributed by atoms with E-state index in [0.717, 1.165) is 49.3 Å². The van der Waals surface area contributed by atoms with E-state index in [4.69, 9.17) is 12.2 Å². The van der Waals surface area contributed by atoms with Crippen molar-refractivity contribution in [3.8, 4) is 0 Å². The molecule has 1 N–H and O–H groups in total. The maximum Gasteiger partial charge on any atom is 0.223 e. The summed E-state index contributed by atoms with van der Waals surface area (Å²) in [6.07, 6.45) is 5.09. The number of aromatic nitrogens is 1. The molecule has 8 heteroatoms. The third-order valence-electron chi connectivity index (χ3n) is 5.25. The Labute approximate surface area is 159 Å². The van der Waals surface area contributed by atoms with E-state index in [1.165, 1.54) is 12.8 Å². The Morgan fingerprint density at radius 2 is 2.04 bits per heavy atom. The molecule has 1 aromatic heterocycles. The van der Waals surface area contributed by atoms with Crippen LogP contribution in [-0.2, 0) is 4.79 Å². The lowest BCUT2D eigenvalue weighted by atomic mass is 10.1. The molecule has 26 heavy (non-hydrogen) atoms. The number of hydrogen-bond acceptors (Lipinski definition) is 5. The third-order valence-corrected chi connectivity index (χ3v) is 5.60. The van der Waals surface area contributed by atoms with Crippen LogP contribution in [0.1, 0.15) is 31.9 Å². The van der Waals surface area contributed by atoms with E-state index < -0.39 is 0 Å². The van der Waals surface area contributed by atoms with Crippen molar-refractivity contribution in [2.45, 2.75) is 32.2 Å². The number of fused-ring (bicyclic) bond motifs is 1. The number of nitrogens with zero attached hydrogens (tertiary/aromatic N) is 5. The summed E-state index contributed by atoms with van der Waals surface area (Å²) in [6, 6.07) is 4.57. The Morgan fingerprint density at radius 3 is 2.73 bits per heavy atom. The second-order valence-corrected chi connectivity index (χ2v) is 7.41. The van der Waals surface area contributed by atoms with Gasteiger partial charge in [-0.25, -0.2) is 0 Å². The Morgan fingerprint density at radius 1 is 1.27 bits per heavy atom. The number of carbonyl (C=O) groups is 1. The number of hydrazone groups is 1. The zero-order valence-electron chi connectivity index (χ0n) is 15.0. The number of pyridine rings is 1. The topological polar surface area (TPSA) is 64.1 Å². The number of carbonyl (C=O) groups excluding carboxylic acids is 1. The fourth-order valence-electron chi connectivity index (χ4n) is 3.65. The smallest absolute Gasteiger partial charge is 0.223 e. The molecule has 1 saturated carbocycles. The van der Waals surface area contributed by atoms with Gasteiger partial charge < -0.3 is 9.80 Å². The van der Waals surface area contributed by atoms with E-state index >= 15 is 0 Å². The molecule has 3 aliphatic rings. The molecule has 0 spiro atoms. The van der Waals surface area contributed by atoms with Crippen LogP contribution in [0.15, 0.2) is 23.4 Å². The highest BCUT2D eigenvalue weighted by molar-refractivity contribution is 7.80. The molecule has 1 aliphatic carbocycles. The van der Waals surface area contributed by atoms with Crippen molar-refractivity contribution in [2.24, 2.45) is 5.10 Å². The molecule has 2 aliphatic heterocycles. The summed E-state index contributed by atoms with van der Waals surface area (Å²) >= 11 is 5.53. The zero-order valence-corrected chi connectivity index (χ0v) is 15.8. The van der Waals surface area contributed by atoms with Gasteiger partial charge >= 0.3 is 0 Å². The largest absolute Gasteiger partial charge is 0.345 e. The van der Waals surface area contributed by atoms with Crippen LogP contribution >= 0.6 is 12.2 Å². The minimum atomic E-state index is 0.0234. The van der Waals surface area contributed by atoms with Gasteiger partial charge in [0, 0.05) is 58.3 Å². The quantitative estimate of drug-likeness (QED) is 0.622. The molecule has 0 unspecified atom stereocenters. The van der Waals surface area contributed by atoms with Gasteiger partial charge in [-0.1, -0.05) is 0 Å². The van der Waals surface area contributed by atoms with Gasteiger partial charge in [0.25, 0.3) is 0 Å². The molecular weight excluding hydrogens is 348 g/mol. The summed E-state index contributed by atoms with van der Waals surface area (Å²) in [7, 11) is 0. The summed E-state index contributed by atoms with van der Waals surface area (Å²) in [4.78, 5) is 22.8. The first-order chi connectivity index (χ1) is 12.6. The Kier molecular flexibility index (Phi) is 4.86. The lowest BCUT2D eigenvalue weighted by Gasteiger charge is -2.35. The Balaban J connectivity index is 1.41. The highest BCUT2D eigenvalue weighted by atomic mass is 32.1. The number of thiocarbonyl (C=S) groups is 1. The van der Waals surface area contributed by atoms with Gasteiger partial charge in [0.1, 0.15) is 5.69 Å². The van der Waals surface area contributed by atoms with Gasteiger partial charge in [0.15, 0.2) is 5.11 Å². The third kappa shape index (κ3) is 3.57. The average molecular weight is 372 g/mol. The molecular formula is C18H24N6OS. The highest BCUT2D eigenvalue weighted by Crippen LogP contribution is 2.27. The van der Waals surface area contributed by atoms with Crippen molar-refractivity contribution in [3.05, 3.63) is 24.0 Å². The van der Waals surface area contributed by atoms with Gasteiger partial charge in [0.2, 0.25) is 5.91 Å². The normalized spacial score (nSPS) is 22.3. The molecule has 3 heterocycles. The number of rotatable bonds is 2. The molecule has 1 amide bonds. The monoisotopic (exact) mass is 372 g/mol. The van der Waals surface area contributed by atoms with Crippen LogP contribution < -0.4 is 10.3 Å². The molecule has 4 rings (SSSR count). The van der Waals surface area contributed by atoms with Crippen LogP contribution in [0.2, 0.25) is 0 Å². The number of amides is 1. The van der Waals surface area contributed by atoms with Crippen molar-refractivity contribution in [3.63, 3.8) is 0 Å². The first-order valence-corrected chi connectivity index (χ1v) is 9.63. The van der Waals surface area contributed by atoms with Crippen molar-refractivity contribution in [1.82, 2.24) is 20.2 Å². The molecule has 0 radical (unpaired) electrons. The number of hydrogen-bond donors (Lipinski definition) is 1. The van der Waals surface area contributed by atoms with Crippen LogP contribution in [0.25, 0.3) is 0 Å². The van der Waals surface area contributed by atoms with Crippen LogP contribution in [0, 0.1) is 0 Å². The lowest BCUT2D eigenvalue weighted by molar-refractivity contribution is -0.116. The fourth-order valence-corrected chi connectivity index (χ4v) is 3.87. The predicted molar refractivity (Wildman–Crippen MR) is 105 cm³/mol. The van der Waals surface area contributed by atoms with E-state index in [1.54, 1.807) is 18.0 Å². The van der Waals surface area contributed by atoms with E-state index in [-0.39, 0.29) is 5.91 Å². The fraction of sp³-hybridized carbons (Fsp3) is 0.556. The van der Waals surface area contributed by atoms with Gasteiger partial charge in [-0.3, -0.25) is 20.1 Å². The molecule has 0 aromatic carbocycles. The standard InChI is InChI=1S/C18H24N6OS/c1-13(25)24-8-6-15(17-16(24)3-2-7-19-17)20-21-18(26)23-11-9-22(10-12-23)14-4-5-14/h2-3,7,14H,4-6,8-12H2,1H3,(H,21,26)/b20-15-. The van der Waals surface area contributed by atoms with Crippen LogP contribution in [0.4, 0.5) is 5.69 Å². The number of nitrogens with one attached hydrogen (secondary N) is 1. The summed E-state index contributed by atoms with van der Waals surface area (Å²) in [5.41, 5.74) is 5.46. The summed E-state index contributed by atoms with van der Waals surface area (Å²) in [6.45, 7) is 6.22. The maximum atomic E-state index is 11.8. The highest BCUT2D eigenvalue weighted by Gasteiger charge is 2.31. The first-order valence-electron chi connectivity index (χ1n) is 9.22. The molecule has 0 bridgehead atoms. The molecule has 7 nitrogen and oxygen atoms in total. The van der Waals surface area contributed by atoms with Crippen LogP contribution in [-0.4, -0.2) is 70.3 Å². The predicted octanol–water partition coefficient (Wildman–Crippen LogP) is 1.20. The number of piperazine rings is 1. The van der Waals surface area contributed by atoms with Gasteiger partial charge in [-0.2, -0.15) is 5.10 Å². The van der Waals surface area contributed by atoms with Crippen molar-refractivity contribution in [1.29, 1.82) is 0 Å². The van der Waals surface area contributed by atoms with E-state index in [1.807, 2.05) is 12.1 Å². The Bertz CT molecular complexity index is 739. The van der Waals surface area contributed by atoms with Crippen LogP contribution in [0.3, 0.4) is 0 Å². The SMILES string of the molecule is CC(=O)N1CC/C(=N/NC(=S)N2CCN(C3CC3)CC2)c2ncccc21. The summed E-state index contributed by atoms with van der Waals surface area (Å²) in [5, 5.41) is 5.20. The lowest BCUT2D eigenvalue weighted by Crippen LogP contribution is -2.51. The molecule has 2 fully saturated rings. The molecule has 1 saturated heterocycles. The van der Waals surface area contributed by atoms with E-state index in [0.29, 0.717) is 18.1 Å². The van der Waals surface area contributed by atoms with E-state index in [9.17, 15) is 4.79 Å². The van der Waals surface area contributed by atoms with E-state index in [2.05, 4.69) is 25.3 Å². The van der Waals surface area contributed by atoms with Crippen molar-refractivity contribution < 1.29 is 4.79 Å². The number of anilines is 1. The minimum Gasteiger partial charge on any atom is -0.345 e. The summed E-state index contributed by atoms with van der Waals surface area (Å²) in [5.74, 6) is 0.0234. The van der Waals surface area contributed by atoms with Gasteiger partial charge in [-0.05, 0) is 37.2 Å². The molecule has 0 atom stereocenters.